The third-order valence-electron chi connectivity index (χ3n) is 1.06. The molecule has 0 aromatic carbocycles. The summed E-state index contributed by atoms with van der Waals surface area (Å²) in [5.41, 5.74) is 11.4. The number of nitrogens with two attached hydrogens (primary N) is 2. The molecule has 0 atom stereocenters. The van der Waals surface area contributed by atoms with E-state index in [9.17, 15) is 0 Å². The first-order valence-corrected chi connectivity index (χ1v) is 3.92. The molecule has 0 spiro atoms. The standard InChI is InChI=1S/C6H7ClN2S/c7-4(3-8)6-5(9)1-2-10-6/h1-3H,8-9H2/b4-3+. The first kappa shape index (κ1) is 7.44. The van der Waals surface area contributed by atoms with Crippen molar-refractivity contribution in [2.75, 3.05) is 5.73 Å². The van der Waals surface area contributed by atoms with Gasteiger partial charge in [-0.2, -0.15) is 0 Å². The molecule has 4 heteroatoms. The van der Waals surface area contributed by atoms with Crippen LogP contribution in [-0.4, -0.2) is 0 Å². The summed E-state index contributed by atoms with van der Waals surface area (Å²) in [7, 11) is 0. The van der Waals surface area contributed by atoms with Gasteiger partial charge in [0.15, 0.2) is 0 Å². The number of halogens is 1. The molecule has 4 N–H and O–H groups in total. The van der Waals surface area contributed by atoms with Crippen LogP contribution in [0.2, 0.25) is 0 Å². The van der Waals surface area contributed by atoms with E-state index in [1.54, 1.807) is 6.07 Å². The molecule has 0 aliphatic rings. The highest BCUT2D eigenvalue weighted by Gasteiger charge is 2.02. The van der Waals surface area contributed by atoms with E-state index in [0.717, 1.165) is 4.88 Å². The van der Waals surface area contributed by atoms with Gasteiger partial charge in [0.1, 0.15) is 0 Å². The molecule has 0 aliphatic carbocycles. The molecule has 2 nitrogen and oxygen atoms in total. The van der Waals surface area contributed by atoms with Gasteiger partial charge in [-0.3, -0.25) is 0 Å². The lowest BCUT2D eigenvalue weighted by atomic mass is 10.4. The van der Waals surface area contributed by atoms with Crippen molar-refractivity contribution in [3.8, 4) is 0 Å². The van der Waals surface area contributed by atoms with Gasteiger partial charge in [0.25, 0.3) is 0 Å². The van der Waals surface area contributed by atoms with Gasteiger partial charge >= 0.3 is 0 Å². The van der Waals surface area contributed by atoms with E-state index in [1.807, 2.05) is 5.38 Å². The zero-order chi connectivity index (χ0) is 7.56. The van der Waals surface area contributed by atoms with Crippen LogP contribution < -0.4 is 11.5 Å². The summed E-state index contributed by atoms with van der Waals surface area (Å²) in [5, 5.41) is 2.38. The van der Waals surface area contributed by atoms with Crippen LogP contribution in [0.3, 0.4) is 0 Å². The van der Waals surface area contributed by atoms with Gasteiger partial charge in [-0.15, -0.1) is 11.3 Å². The summed E-state index contributed by atoms with van der Waals surface area (Å²) >= 11 is 7.18. The van der Waals surface area contributed by atoms with E-state index in [0.29, 0.717) is 10.7 Å². The fourth-order valence-corrected chi connectivity index (χ4v) is 1.57. The second kappa shape index (κ2) is 2.94. The monoisotopic (exact) mass is 174 g/mol. The number of nitrogen functional groups attached to an aromatic ring is 1. The molecule has 0 bridgehead atoms. The van der Waals surface area contributed by atoms with E-state index >= 15 is 0 Å². The third kappa shape index (κ3) is 1.25. The molecular formula is C6H7ClN2S. The van der Waals surface area contributed by atoms with Gasteiger partial charge in [-0.25, -0.2) is 0 Å². The molecule has 0 saturated heterocycles. The Bertz CT molecular complexity index is 254. The highest BCUT2D eigenvalue weighted by atomic mass is 35.5. The maximum atomic E-state index is 5.70. The molecule has 0 fully saturated rings. The quantitative estimate of drug-likeness (QED) is 0.683. The van der Waals surface area contributed by atoms with Gasteiger partial charge in [-0.05, 0) is 11.4 Å². The molecule has 0 amide bonds. The van der Waals surface area contributed by atoms with E-state index in [-0.39, 0.29) is 0 Å². The van der Waals surface area contributed by atoms with Crippen LogP contribution in [-0.2, 0) is 0 Å². The third-order valence-corrected chi connectivity index (χ3v) is 2.45. The minimum atomic E-state index is 0.507. The molecule has 0 aliphatic heterocycles. The number of hydrogen-bond acceptors (Lipinski definition) is 3. The first-order valence-electron chi connectivity index (χ1n) is 2.66. The van der Waals surface area contributed by atoms with Crippen molar-refractivity contribution >= 4 is 33.7 Å². The summed E-state index contributed by atoms with van der Waals surface area (Å²) in [4.78, 5) is 0.837. The van der Waals surface area contributed by atoms with Crippen LogP contribution in [0.25, 0.3) is 5.03 Å². The van der Waals surface area contributed by atoms with E-state index in [1.165, 1.54) is 17.5 Å². The van der Waals surface area contributed by atoms with Gasteiger partial charge < -0.3 is 11.5 Å². The summed E-state index contributed by atoms with van der Waals surface area (Å²) in [6.45, 7) is 0. The van der Waals surface area contributed by atoms with Crippen molar-refractivity contribution < 1.29 is 0 Å². The molecule has 0 saturated carbocycles. The zero-order valence-electron chi connectivity index (χ0n) is 5.17. The van der Waals surface area contributed by atoms with Crippen molar-refractivity contribution in [2.45, 2.75) is 0 Å². The van der Waals surface area contributed by atoms with Crippen LogP contribution in [0.15, 0.2) is 17.6 Å². The second-order valence-corrected chi connectivity index (χ2v) is 3.04. The van der Waals surface area contributed by atoms with Gasteiger partial charge in [0.2, 0.25) is 0 Å². The predicted octanol–water partition coefficient (Wildman–Crippen LogP) is 1.83. The van der Waals surface area contributed by atoms with Gasteiger partial charge in [0, 0.05) is 6.20 Å². The molecule has 10 heavy (non-hydrogen) atoms. The number of hydrogen-bond donors (Lipinski definition) is 2. The zero-order valence-corrected chi connectivity index (χ0v) is 6.75. The predicted molar refractivity (Wildman–Crippen MR) is 46.7 cm³/mol. The highest BCUT2D eigenvalue weighted by molar-refractivity contribution is 7.12. The van der Waals surface area contributed by atoms with Crippen LogP contribution >= 0.6 is 22.9 Å². The van der Waals surface area contributed by atoms with Crippen LogP contribution in [0, 0.1) is 0 Å². The lowest BCUT2D eigenvalue weighted by Gasteiger charge is -1.93. The Hall–Kier alpha value is -0.670. The van der Waals surface area contributed by atoms with Crippen molar-refractivity contribution in [1.29, 1.82) is 0 Å². The fraction of sp³-hybridized carbons (Fsp3) is 0. The lowest BCUT2D eigenvalue weighted by Crippen LogP contribution is -1.86. The summed E-state index contributed by atoms with van der Waals surface area (Å²) in [6.07, 6.45) is 1.34. The van der Waals surface area contributed by atoms with E-state index in [4.69, 9.17) is 23.1 Å². The largest absolute Gasteiger partial charge is 0.403 e. The minimum absolute atomic E-state index is 0.507. The second-order valence-electron chi connectivity index (χ2n) is 1.72. The molecule has 0 unspecified atom stereocenters. The van der Waals surface area contributed by atoms with Gasteiger partial charge in [-0.1, -0.05) is 11.6 Å². The van der Waals surface area contributed by atoms with Gasteiger partial charge in [0.05, 0.1) is 15.6 Å². The maximum absolute atomic E-state index is 5.70. The smallest absolute Gasteiger partial charge is 0.0753 e. The highest BCUT2D eigenvalue weighted by Crippen LogP contribution is 2.28. The van der Waals surface area contributed by atoms with Crippen molar-refractivity contribution in [1.82, 2.24) is 0 Å². The Balaban J connectivity index is 3.05. The summed E-state index contributed by atoms with van der Waals surface area (Å²) in [6, 6.07) is 1.80. The molecule has 0 radical (unpaired) electrons. The molecule has 1 rings (SSSR count). The number of thiophene rings is 1. The molecule has 1 aromatic heterocycles. The SMILES string of the molecule is N/C=C(/Cl)c1sccc1N. The Morgan fingerprint density at radius 3 is 2.80 bits per heavy atom. The topological polar surface area (TPSA) is 52.0 Å². The van der Waals surface area contributed by atoms with Crippen LogP contribution in [0.5, 0.6) is 0 Å². The normalized spacial score (nSPS) is 11.9. The molecule has 1 aromatic rings. The van der Waals surface area contributed by atoms with Crippen molar-refractivity contribution in [3.05, 3.63) is 22.5 Å². The Morgan fingerprint density at radius 1 is 1.70 bits per heavy atom. The fourth-order valence-electron chi connectivity index (χ4n) is 0.589. The van der Waals surface area contributed by atoms with Crippen molar-refractivity contribution in [2.24, 2.45) is 5.73 Å². The van der Waals surface area contributed by atoms with E-state index in [2.05, 4.69) is 0 Å². The van der Waals surface area contributed by atoms with Crippen LogP contribution in [0.1, 0.15) is 4.88 Å². The van der Waals surface area contributed by atoms with Crippen molar-refractivity contribution in [3.63, 3.8) is 0 Å². The molecule has 54 valence electrons. The molecule has 1 heterocycles. The lowest BCUT2D eigenvalue weighted by molar-refractivity contribution is 1.63. The molecular weight excluding hydrogens is 168 g/mol. The average molecular weight is 175 g/mol. The number of rotatable bonds is 1. The maximum Gasteiger partial charge on any atom is 0.0753 e. The minimum Gasteiger partial charge on any atom is -0.403 e. The Labute approximate surface area is 68.1 Å². The first-order chi connectivity index (χ1) is 4.75. The average Bonchev–Trinajstić information content (AvgIpc) is 2.34. The number of anilines is 1. The Morgan fingerprint density at radius 2 is 2.40 bits per heavy atom. The summed E-state index contributed by atoms with van der Waals surface area (Å²) < 4.78 is 0. The van der Waals surface area contributed by atoms with E-state index < -0.39 is 0 Å². The summed E-state index contributed by atoms with van der Waals surface area (Å²) in [5.74, 6) is 0. The Kier molecular flexibility index (Phi) is 2.19. The van der Waals surface area contributed by atoms with Crippen LogP contribution in [0.4, 0.5) is 5.69 Å².